The highest BCUT2D eigenvalue weighted by molar-refractivity contribution is 6.28. The molecule has 1 aromatic carbocycles. The molecule has 3 heteroatoms. The second-order valence-electron chi connectivity index (χ2n) is 3.48. The van der Waals surface area contributed by atoms with Crippen molar-refractivity contribution >= 4 is 17.4 Å². The number of alkyl halides is 1. The number of ether oxygens (including phenoxy) is 1. The molecule has 76 valence electrons. The van der Waals surface area contributed by atoms with Crippen LogP contribution in [0.4, 0.5) is 0 Å². The zero-order chi connectivity index (χ0) is 10.6. The first kappa shape index (κ1) is 11.1. The van der Waals surface area contributed by atoms with E-state index in [1.54, 1.807) is 13.8 Å². The first-order chi connectivity index (χ1) is 6.56. The van der Waals surface area contributed by atoms with Crippen LogP contribution < -0.4 is 4.74 Å². The number of carbonyl (C=O) groups is 1. The van der Waals surface area contributed by atoms with Gasteiger partial charge in [-0.15, -0.1) is 11.6 Å². The summed E-state index contributed by atoms with van der Waals surface area (Å²) in [6.45, 7) is 3.43. The minimum absolute atomic E-state index is 0.0279. The van der Waals surface area contributed by atoms with Gasteiger partial charge in [-0.25, -0.2) is 0 Å². The SMILES string of the molecule is CC(C)(Oc1ccccc1)C(=O)CCl. The van der Waals surface area contributed by atoms with E-state index in [-0.39, 0.29) is 11.7 Å². The molecular weight excluding hydrogens is 200 g/mol. The minimum Gasteiger partial charge on any atom is -0.480 e. The molecule has 0 bridgehead atoms. The number of para-hydroxylation sites is 1. The fourth-order valence-electron chi connectivity index (χ4n) is 1.00. The average Bonchev–Trinajstić information content (AvgIpc) is 2.17. The summed E-state index contributed by atoms with van der Waals surface area (Å²) in [5.41, 5.74) is -0.858. The van der Waals surface area contributed by atoms with E-state index in [4.69, 9.17) is 16.3 Å². The summed E-state index contributed by atoms with van der Waals surface area (Å²) in [4.78, 5) is 11.4. The van der Waals surface area contributed by atoms with Crippen LogP contribution in [-0.2, 0) is 4.79 Å². The number of hydrogen-bond donors (Lipinski definition) is 0. The van der Waals surface area contributed by atoms with Gasteiger partial charge < -0.3 is 4.74 Å². The highest BCUT2D eigenvalue weighted by Crippen LogP contribution is 2.18. The van der Waals surface area contributed by atoms with E-state index in [0.717, 1.165) is 0 Å². The second-order valence-corrected chi connectivity index (χ2v) is 3.75. The van der Waals surface area contributed by atoms with Gasteiger partial charge in [0.1, 0.15) is 5.75 Å². The largest absolute Gasteiger partial charge is 0.480 e. The lowest BCUT2D eigenvalue weighted by Gasteiger charge is -2.23. The zero-order valence-corrected chi connectivity index (χ0v) is 9.04. The van der Waals surface area contributed by atoms with Gasteiger partial charge in [0.2, 0.25) is 0 Å². The molecule has 0 saturated heterocycles. The average molecular weight is 213 g/mol. The second kappa shape index (κ2) is 4.47. The Balaban J connectivity index is 2.73. The van der Waals surface area contributed by atoms with E-state index in [9.17, 15) is 4.79 Å². The Morgan fingerprint density at radius 3 is 2.43 bits per heavy atom. The molecule has 0 spiro atoms. The molecule has 0 heterocycles. The lowest BCUT2D eigenvalue weighted by molar-refractivity contribution is -0.129. The lowest BCUT2D eigenvalue weighted by Crippen LogP contribution is -2.39. The molecule has 2 nitrogen and oxygen atoms in total. The van der Waals surface area contributed by atoms with Gasteiger partial charge >= 0.3 is 0 Å². The summed E-state index contributed by atoms with van der Waals surface area (Å²) in [6, 6.07) is 9.23. The molecule has 0 saturated carbocycles. The predicted octanol–water partition coefficient (Wildman–Crippen LogP) is 2.65. The first-order valence-electron chi connectivity index (χ1n) is 4.39. The van der Waals surface area contributed by atoms with Crippen LogP contribution >= 0.6 is 11.6 Å². The van der Waals surface area contributed by atoms with Crippen LogP contribution in [0, 0.1) is 0 Å². The van der Waals surface area contributed by atoms with Crippen molar-refractivity contribution in [3.63, 3.8) is 0 Å². The normalized spacial score (nSPS) is 11.1. The van der Waals surface area contributed by atoms with Gasteiger partial charge in [0, 0.05) is 0 Å². The molecule has 0 unspecified atom stereocenters. The van der Waals surface area contributed by atoms with Crippen molar-refractivity contribution in [3.8, 4) is 5.75 Å². The Kier molecular flexibility index (Phi) is 3.53. The van der Waals surface area contributed by atoms with Crippen molar-refractivity contribution in [3.05, 3.63) is 30.3 Å². The Bertz CT molecular complexity index is 306. The molecular formula is C11H13ClO2. The molecule has 0 aromatic heterocycles. The maximum absolute atomic E-state index is 11.4. The summed E-state index contributed by atoms with van der Waals surface area (Å²) < 4.78 is 5.52. The van der Waals surface area contributed by atoms with Crippen LogP contribution in [0.5, 0.6) is 5.75 Å². The fraction of sp³-hybridized carbons (Fsp3) is 0.364. The Morgan fingerprint density at radius 2 is 1.93 bits per heavy atom. The number of hydrogen-bond acceptors (Lipinski definition) is 2. The van der Waals surface area contributed by atoms with Crippen molar-refractivity contribution in [1.29, 1.82) is 0 Å². The van der Waals surface area contributed by atoms with Crippen LogP contribution in [0.15, 0.2) is 30.3 Å². The topological polar surface area (TPSA) is 26.3 Å². The third-order valence-corrected chi connectivity index (χ3v) is 2.15. The Hall–Kier alpha value is -1.02. The van der Waals surface area contributed by atoms with Crippen LogP contribution in [0.3, 0.4) is 0 Å². The van der Waals surface area contributed by atoms with Crippen LogP contribution in [0.25, 0.3) is 0 Å². The van der Waals surface area contributed by atoms with Gasteiger partial charge in [-0.3, -0.25) is 4.79 Å². The number of ketones is 1. The van der Waals surface area contributed by atoms with Gasteiger partial charge in [0.05, 0.1) is 5.88 Å². The van der Waals surface area contributed by atoms with Gasteiger partial charge in [-0.1, -0.05) is 18.2 Å². The molecule has 0 fully saturated rings. The third kappa shape index (κ3) is 2.74. The standard InChI is InChI=1S/C11H13ClO2/c1-11(2,10(13)8-12)14-9-6-4-3-5-7-9/h3-7H,8H2,1-2H3. The molecule has 1 rings (SSSR count). The molecule has 0 N–H and O–H groups in total. The van der Waals surface area contributed by atoms with E-state index in [2.05, 4.69) is 0 Å². The first-order valence-corrected chi connectivity index (χ1v) is 4.93. The minimum atomic E-state index is -0.858. The lowest BCUT2D eigenvalue weighted by atomic mass is 10.1. The number of rotatable bonds is 4. The smallest absolute Gasteiger partial charge is 0.190 e. The third-order valence-electron chi connectivity index (χ3n) is 1.91. The number of benzene rings is 1. The van der Waals surface area contributed by atoms with Crippen LogP contribution in [-0.4, -0.2) is 17.3 Å². The summed E-state index contributed by atoms with van der Waals surface area (Å²) >= 11 is 5.47. The molecule has 0 atom stereocenters. The van der Waals surface area contributed by atoms with E-state index in [1.807, 2.05) is 30.3 Å². The van der Waals surface area contributed by atoms with E-state index in [1.165, 1.54) is 0 Å². The zero-order valence-electron chi connectivity index (χ0n) is 8.29. The van der Waals surface area contributed by atoms with Crippen molar-refractivity contribution < 1.29 is 9.53 Å². The monoisotopic (exact) mass is 212 g/mol. The van der Waals surface area contributed by atoms with Crippen molar-refractivity contribution in [1.82, 2.24) is 0 Å². The van der Waals surface area contributed by atoms with Crippen LogP contribution in [0.2, 0.25) is 0 Å². The number of Topliss-reactive ketones (excluding diaryl/α,β-unsaturated/α-hetero) is 1. The van der Waals surface area contributed by atoms with Gasteiger partial charge in [0.15, 0.2) is 11.4 Å². The quantitative estimate of drug-likeness (QED) is 0.718. The molecule has 1 aromatic rings. The van der Waals surface area contributed by atoms with Gasteiger partial charge in [-0.2, -0.15) is 0 Å². The fourth-order valence-corrected chi connectivity index (χ4v) is 1.32. The van der Waals surface area contributed by atoms with Gasteiger partial charge in [0.25, 0.3) is 0 Å². The molecule has 0 aliphatic carbocycles. The van der Waals surface area contributed by atoms with Crippen molar-refractivity contribution in [2.24, 2.45) is 0 Å². The molecule has 0 radical (unpaired) electrons. The summed E-state index contributed by atoms with van der Waals surface area (Å²) in [7, 11) is 0. The molecule has 0 aliphatic rings. The Labute approximate surface area is 88.8 Å². The maximum Gasteiger partial charge on any atom is 0.190 e. The highest BCUT2D eigenvalue weighted by atomic mass is 35.5. The van der Waals surface area contributed by atoms with E-state index in [0.29, 0.717) is 5.75 Å². The van der Waals surface area contributed by atoms with E-state index >= 15 is 0 Å². The maximum atomic E-state index is 11.4. The van der Waals surface area contributed by atoms with Crippen molar-refractivity contribution in [2.75, 3.05) is 5.88 Å². The molecule has 0 amide bonds. The summed E-state index contributed by atoms with van der Waals surface area (Å²) in [6.07, 6.45) is 0. The molecule has 14 heavy (non-hydrogen) atoms. The Morgan fingerprint density at radius 1 is 1.36 bits per heavy atom. The van der Waals surface area contributed by atoms with Gasteiger partial charge in [-0.05, 0) is 26.0 Å². The number of halogens is 1. The molecule has 0 aliphatic heterocycles. The number of carbonyl (C=O) groups excluding carboxylic acids is 1. The predicted molar refractivity (Wildman–Crippen MR) is 56.9 cm³/mol. The highest BCUT2D eigenvalue weighted by Gasteiger charge is 2.28. The summed E-state index contributed by atoms with van der Waals surface area (Å²) in [5, 5.41) is 0. The van der Waals surface area contributed by atoms with E-state index < -0.39 is 5.60 Å². The van der Waals surface area contributed by atoms with Crippen molar-refractivity contribution in [2.45, 2.75) is 19.4 Å². The summed E-state index contributed by atoms with van der Waals surface area (Å²) in [5.74, 6) is 0.527. The van der Waals surface area contributed by atoms with Crippen LogP contribution in [0.1, 0.15) is 13.8 Å².